The predicted octanol–water partition coefficient (Wildman–Crippen LogP) is 4.41. The van der Waals surface area contributed by atoms with Gasteiger partial charge in [0, 0.05) is 42.9 Å². The second kappa shape index (κ2) is 7.16. The fourth-order valence-corrected chi connectivity index (χ4v) is 4.39. The van der Waals surface area contributed by atoms with Crippen molar-refractivity contribution in [2.24, 2.45) is 0 Å². The lowest BCUT2D eigenvalue weighted by Crippen LogP contribution is -2.44. The lowest BCUT2D eigenvalue weighted by Gasteiger charge is -2.38. The van der Waals surface area contributed by atoms with E-state index < -0.39 is 0 Å². The Kier molecular flexibility index (Phi) is 4.77. The van der Waals surface area contributed by atoms with Gasteiger partial charge in [0.05, 0.1) is 0 Å². The Bertz CT molecular complexity index is 692. The molecular formula is C21H25ClN2. The van der Waals surface area contributed by atoms with Gasteiger partial charge >= 0.3 is 0 Å². The van der Waals surface area contributed by atoms with E-state index in [-0.39, 0.29) is 0 Å². The largest absolute Gasteiger partial charge is 0.368 e. The molecule has 0 unspecified atom stereocenters. The van der Waals surface area contributed by atoms with Crippen LogP contribution in [0.4, 0.5) is 5.69 Å². The van der Waals surface area contributed by atoms with Gasteiger partial charge in [-0.25, -0.2) is 0 Å². The first kappa shape index (κ1) is 16.0. The SMILES string of the molecule is Clc1cccc(CCN2CCC(N3CCc4ccccc43)CC2)c1. The zero-order chi connectivity index (χ0) is 16.4. The van der Waals surface area contributed by atoms with Crippen molar-refractivity contribution >= 4 is 17.3 Å². The molecular weight excluding hydrogens is 316 g/mol. The summed E-state index contributed by atoms with van der Waals surface area (Å²) >= 11 is 6.08. The fraction of sp³-hybridized carbons (Fsp3) is 0.429. The summed E-state index contributed by atoms with van der Waals surface area (Å²) in [6, 6.07) is 17.9. The quantitative estimate of drug-likeness (QED) is 0.813. The van der Waals surface area contributed by atoms with E-state index in [9.17, 15) is 0 Å². The van der Waals surface area contributed by atoms with Crippen LogP contribution in [0, 0.1) is 0 Å². The van der Waals surface area contributed by atoms with E-state index in [2.05, 4.69) is 52.3 Å². The van der Waals surface area contributed by atoms with Crippen molar-refractivity contribution in [3.05, 3.63) is 64.7 Å². The molecule has 2 aliphatic heterocycles. The van der Waals surface area contributed by atoms with Crippen molar-refractivity contribution < 1.29 is 0 Å². The van der Waals surface area contributed by atoms with Crippen molar-refractivity contribution in [3.8, 4) is 0 Å². The number of piperidine rings is 1. The number of likely N-dealkylation sites (tertiary alicyclic amines) is 1. The van der Waals surface area contributed by atoms with Crippen LogP contribution in [0.5, 0.6) is 0 Å². The first-order valence-corrected chi connectivity index (χ1v) is 9.49. The summed E-state index contributed by atoms with van der Waals surface area (Å²) in [5.74, 6) is 0. The number of rotatable bonds is 4. The van der Waals surface area contributed by atoms with Gasteiger partial charge in [0.15, 0.2) is 0 Å². The normalized spacial score (nSPS) is 18.8. The van der Waals surface area contributed by atoms with E-state index in [0.717, 1.165) is 24.0 Å². The Hall–Kier alpha value is -1.51. The molecule has 0 aliphatic carbocycles. The van der Waals surface area contributed by atoms with Crippen LogP contribution >= 0.6 is 11.6 Å². The summed E-state index contributed by atoms with van der Waals surface area (Å²) in [4.78, 5) is 5.27. The highest BCUT2D eigenvalue weighted by Crippen LogP contribution is 2.32. The number of anilines is 1. The molecule has 0 amide bonds. The van der Waals surface area contributed by atoms with Crippen LogP contribution in [0.15, 0.2) is 48.5 Å². The van der Waals surface area contributed by atoms with Crippen molar-refractivity contribution in [1.82, 2.24) is 4.90 Å². The molecule has 126 valence electrons. The molecule has 1 saturated heterocycles. The second-order valence-corrected chi connectivity index (χ2v) is 7.46. The third kappa shape index (κ3) is 3.45. The Balaban J connectivity index is 1.30. The molecule has 0 aromatic heterocycles. The maximum absolute atomic E-state index is 6.08. The van der Waals surface area contributed by atoms with Gasteiger partial charge in [-0.05, 0) is 55.0 Å². The Morgan fingerprint density at radius 1 is 0.958 bits per heavy atom. The van der Waals surface area contributed by atoms with Crippen LogP contribution < -0.4 is 4.90 Å². The van der Waals surface area contributed by atoms with Crippen LogP contribution in [-0.4, -0.2) is 37.1 Å². The summed E-state index contributed by atoms with van der Waals surface area (Å²) in [6.45, 7) is 4.77. The molecule has 0 spiro atoms. The molecule has 2 aliphatic rings. The monoisotopic (exact) mass is 340 g/mol. The molecule has 4 rings (SSSR count). The van der Waals surface area contributed by atoms with Crippen LogP contribution in [0.1, 0.15) is 24.0 Å². The van der Waals surface area contributed by atoms with Crippen molar-refractivity contribution in [3.63, 3.8) is 0 Å². The predicted molar refractivity (Wildman–Crippen MR) is 102 cm³/mol. The molecule has 0 atom stereocenters. The Morgan fingerprint density at radius 2 is 1.79 bits per heavy atom. The van der Waals surface area contributed by atoms with Gasteiger partial charge in [-0.15, -0.1) is 0 Å². The lowest BCUT2D eigenvalue weighted by atomic mass is 10.0. The molecule has 2 aromatic rings. The first-order chi connectivity index (χ1) is 11.8. The highest BCUT2D eigenvalue weighted by atomic mass is 35.5. The van der Waals surface area contributed by atoms with Gasteiger partial charge in [0.2, 0.25) is 0 Å². The average molecular weight is 341 g/mol. The maximum atomic E-state index is 6.08. The smallest absolute Gasteiger partial charge is 0.0408 e. The highest BCUT2D eigenvalue weighted by Gasteiger charge is 2.28. The molecule has 2 aromatic carbocycles. The molecule has 0 bridgehead atoms. The van der Waals surface area contributed by atoms with Crippen molar-refractivity contribution in [2.45, 2.75) is 31.7 Å². The number of halogens is 1. The van der Waals surface area contributed by atoms with Crippen LogP contribution in [0.2, 0.25) is 5.02 Å². The molecule has 0 radical (unpaired) electrons. The van der Waals surface area contributed by atoms with E-state index in [1.165, 1.54) is 55.7 Å². The van der Waals surface area contributed by atoms with E-state index in [1.807, 2.05) is 6.07 Å². The van der Waals surface area contributed by atoms with Crippen molar-refractivity contribution in [2.75, 3.05) is 31.1 Å². The summed E-state index contributed by atoms with van der Waals surface area (Å²) in [5.41, 5.74) is 4.36. The van der Waals surface area contributed by atoms with Crippen LogP contribution in [0.3, 0.4) is 0 Å². The molecule has 1 fully saturated rings. The van der Waals surface area contributed by atoms with Gasteiger partial charge < -0.3 is 9.80 Å². The zero-order valence-corrected chi connectivity index (χ0v) is 14.9. The average Bonchev–Trinajstić information content (AvgIpc) is 3.05. The van der Waals surface area contributed by atoms with Gasteiger partial charge in [0.1, 0.15) is 0 Å². The van der Waals surface area contributed by atoms with Crippen LogP contribution in [0.25, 0.3) is 0 Å². The Labute approximate surface area is 150 Å². The van der Waals surface area contributed by atoms with Gasteiger partial charge in [0.25, 0.3) is 0 Å². The second-order valence-electron chi connectivity index (χ2n) is 7.02. The molecule has 2 nitrogen and oxygen atoms in total. The lowest BCUT2D eigenvalue weighted by molar-refractivity contribution is 0.212. The molecule has 0 N–H and O–H groups in total. The maximum Gasteiger partial charge on any atom is 0.0408 e. The minimum atomic E-state index is 0.719. The number of fused-ring (bicyclic) bond motifs is 1. The number of hydrogen-bond donors (Lipinski definition) is 0. The molecule has 3 heteroatoms. The minimum absolute atomic E-state index is 0.719. The first-order valence-electron chi connectivity index (χ1n) is 9.11. The van der Waals surface area contributed by atoms with Gasteiger partial charge in [-0.3, -0.25) is 0 Å². The van der Waals surface area contributed by atoms with E-state index >= 15 is 0 Å². The molecule has 2 heterocycles. The Morgan fingerprint density at radius 3 is 2.62 bits per heavy atom. The summed E-state index contributed by atoms with van der Waals surface area (Å²) in [6.07, 6.45) is 4.87. The highest BCUT2D eigenvalue weighted by molar-refractivity contribution is 6.30. The van der Waals surface area contributed by atoms with E-state index in [0.29, 0.717) is 0 Å². The topological polar surface area (TPSA) is 6.48 Å². The van der Waals surface area contributed by atoms with E-state index in [1.54, 1.807) is 0 Å². The summed E-state index contributed by atoms with van der Waals surface area (Å²) < 4.78 is 0. The minimum Gasteiger partial charge on any atom is -0.368 e. The third-order valence-electron chi connectivity index (χ3n) is 5.53. The van der Waals surface area contributed by atoms with E-state index in [4.69, 9.17) is 11.6 Å². The molecule has 0 saturated carbocycles. The van der Waals surface area contributed by atoms with Crippen LogP contribution in [-0.2, 0) is 12.8 Å². The van der Waals surface area contributed by atoms with Crippen molar-refractivity contribution in [1.29, 1.82) is 0 Å². The van der Waals surface area contributed by atoms with Gasteiger partial charge in [-0.1, -0.05) is 41.9 Å². The zero-order valence-electron chi connectivity index (χ0n) is 14.1. The summed E-state index contributed by atoms with van der Waals surface area (Å²) in [5, 5.41) is 0.846. The number of nitrogens with zero attached hydrogens (tertiary/aromatic N) is 2. The summed E-state index contributed by atoms with van der Waals surface area (Å²) in [7, 11) is 0. The fourth-order valence-electron chi connectivity index (χ4n) is 4.18. The number of benzene rings is 2. The molecule has 24 heavy (non-hydrogen) atoms. The standard InChI is InChI=1S/C21H25ClN2/c22-19-6-3-4-17(16-19)8-12-23-13-10-20(11-14-23)24-15-9-18-5-1-2-7-21(18)24/h1-7,16,20H,8-15H2. The third-order valence-corrected chi connectivity index (χ3v) is 5.76. The number of hydrogen-bond acceptors (Lipinski definition) is 2. The van der Waals surface area contributed by atoms with Gasteiger partial charge in [-0.2, -0.15) is 0 Å². The number of para-hydroxylation sites is 1.